The van der Waals surface area contributed by atoms with Gasteiger partial charge in [0.05, 0.1) is 24.7 Å². The molecule has 1 saturated heterocycles. The fraction of sp³-hybridized carbons (Fsp3) is 0.533. The largest absolute Gasteiger partial charge is 0.495 e. The molecular weight excluding hydrogens is 278 g/mol. The van der Waals surface area contributed by atoms with Gasteiger partial charge in [-0.05, 0) is 25.6 Å². The number of likely N-dealkylation sites (tertiary alicyclic amines) is 1. The Morgan fingerprint density at radius 1 is 1.45 bits per heavy atom. The van der Waals surface area contributed by atoms with Crippen LogP contribution in [0.5, 0.6) is 5.75 Å². The van der Waals surface area contributed by atoms with Gasteiger partial charge in [0.1, 0.15) is 5.75 Å². The van der Waals surface area contributed by atoms with Gasteiger partial charge in [-0.3, -0.25) is 4.79 Å². The zero-order valence-corrected chi connectivity index (χ0v) is 12.8. The number of ether oxygens (including phenoxy) is 2. The van der Waals surface area contributed by atoms with Crippen molar-refractivity contribution in [1.82, 2.24) is 4.90 Å². The molecule has 1 heterocycles. The lowest BCUT2D eigenvalue weighted by Gasteiger charge is -2.19. The Bertz CT molecular complexity index is 492. The van der Waals surface area contributed by atoms with Crippen molar-refractivity contribution in [1.29, 1.82) is 0 Å². The second kappa shape index (κ2) is 6.46. The summed E-state index contributed by atoms with van der Waals surface area (Å²) in [5.74, 6) is 0.355. The van der Waals surface area contributed by atoms with Gasteiger partial charge in [-0.25, -0.2) is 0 Å². The molecule has 2 unspecified atom stereocenters. The monoisotopic (exact) mass is 297 g/mol. The van der Waals surface area contributed by atoms with E-state index in [-0.39, 0.29) is 17.8 Å². The quantitative estimate of drug-likeness (QED) is 0.801. The lowest BCUT2D eigenvalue weighted by atomic mass is 9.89. The van der Waals surface area contributed by atoms with Crippen LogP contribution in [0.3, 0.4) is 0 Å². The van der Waals surface area contributed by atoms with Crippen LogP contribution in [0, 0.1) is 5.92 Å². The second-order valence-electron chi connectivity index (χ2n) is 5.05. The SMILES string of the molecule is CCOC(=O)C1CN(C)CC1c1cccc(OC)c1Cl. The highest BCUT2D eigenvalue weighted by Crippen LogP contribution is 2.39. The molecule has 5 heteroatoms. The standard InChI is InChI=1S/C15H20ClNO3/c1-4-20-15(18)12-9-17(2)8-11(12)10-6-5-7-13(19-3)14(10)16/h5-7,11-12H,4,8-9H2,1-3H3. The van der Waals surface area contributed by atoms with Crippen LogP contribution in [0.4, 0.5) is 0 Å². The van der Waals surface area contributed by atoms with Gasteiger partial charge in [0, 0.05) is 19.0 Å². The Balaban J connectivity index is 2.32. The summed E-state index contributed by atoms with van der Waals surface area (Å²) in [5.41, 5.74) is 0.952. The Hall–Kier alpha value is -1.26. The van der Waals surface area contributed by atoms with Gasteiger partial charge in [-0.2, -0.15) is 0 Å². The van der Waals surface area contributed by atoms with E-state index in [2.05, 4.69) is 4.90 Å². The summed E-state index contributed by atoms with van der Waals surface area (Å²) in [6.07, 6.45) is 0. The highest BCUT2D eigenvalue weighted by atomic mass is 35.5. The van der Waals surface area contributed by atoms with Gasteiger partial charge in [-0.15, -0.1) is 0 Å². The van der Waals surface area contributed by atoms with Gasteiger partial charge < -0.3 is 14.4 Å². The lowest BCUT2D eigenvalue weighted by molar-refractivity contribution is -0.147. The molecule has 0 saturated carbocycles. The zero-order valence-electron chi connectivity index (χ0n) is 12.1. The average molecular weight is 298 g/mol. The maximum absolute atomic E-state index is 12.1. The highest BCUT2D eigenvalue weighted by Gasteiger charge is 2.39. The number of hydrogen-bond acceptors (Lipinski definition) is 4. The molecular formula is C15H20ClNO3. The van der Waals surface area contributed by atoms with Crippen molar-refractivity contribution in [2.24, 2.45) is 5.92 Å². The van der Waals surface area contributed by atoms with Gasteiger partial charge in [0.15, 0.2) is 0 Å². The first-order chi connectivity index (χ1) is 9.58. The van der Waals surface area contributed by atoms with Crippen LogP contribution in [0.15, 0.2) is 18.2 Å². The van der Waals surface area contributed by atoms with Crippen molar-refractivity contribution in [3.63, 3.8) is 0 Å². The summed E-state index contributed by atoms with van der Waals surface area (Å²) in [6.45, 7) is 3.70. The molecule has 20 heavy (non-hydrogen) atoms. The number of benzene rings is 1. The number of rotatable bonds is 4. The number of halogens is 1. The molecule has 1 aliphatic rings. The zero-order chi connectivity index (χ0) is 14.7. The van der Waals surface area contributed by atoms with E-state index >= 15 is 0 Å². The molecule has 1 aliphatic heterocycles. The van der Waals surface area contributed by atoms with Crippen molar-refractivity contribution in [2.75, 3.05) is 33.9 Å². The molecule has 0 aromatic heterocycles. The molecule has 0 spiro atoms. The number of carbonyl (C=O) groups is 1. The molecule has 0 radical (unpaired) electrons. The van der Waals surface area contributed by atoms with Crippen LogP contribution in [0.25, 0.3) is 0 Å². The molecule has 2 rings (SSSR count). The van der Waals surface area contributed by atoms with Crippen LogP contribution < -0.4 is 4.74 Å². The van der Waals surface area contributed by atoms with Gasteiger partial charge in [0.25, 0.3) is 0 Å². The third kappa shape index (κ3) is 2.91. The maximum Gasteiger partial charge on any atom is 0.310 e. The van der Waals surface area contributed by atoms with E-state index in [1.54, 1.807) is 7.11 Å². The van der Waals surface area contributed by atoms with E-state index in [9.17, 15) is 4.79 Å². The normalized spacial score (nSPS) is 22.8. The Kier molecular flexibility index (Phi) is 4.89. The summed E-state index contributed by atoms with van der Waals surface area (Å²) in [5, 5.41) is 0.588. The number of hydrogen-bond donors (Lipinski definition) is 0. The lowest BCUT2D eigenvalue weighted by Crippen LogP contribution is -2.24. The third-order valence-electron chi connectivity index (χ3n) is 3.70. The molecule has 4 nitrogen and oxygen atoms in total. The number of carbonyl (C=O) groups excluding carboxylic acids is 1. The molecule has 0 amide bonds. The Labute approximate surface area is 124 Å². The minimum Gasteiger partial charge on any atom is -0.495 e. The first-order valence-electron chi connectivity index (χ1n) is 6.76. The van der Waals surface area contributed by atoms with Gasteiger partial charge in [-0.1, -0.05) is 23.7 Å². The van der Waals surface area contributed by atoms with Crippen LogP contribution >= 0.6 is 11.6 Å². The van der Waals surface area contributed by atoms with Crippen molar-refractivity contribution in [3.05, 3.63) is 28.8 Å². The first-order valence-corrected chi connectivity index (χ1v) is 7.13. The summed E-state index contributed by atoms with van der Waals surface area (Å²) in [7, 11) is 3.59. The van der Waals surface area contributed by atoms with Crippen molar-refractivity contribution in [2.45, 2.75) is 12.8 Å². The summed E-state index contributed by atoms with van der Waals surface area (Å²) in [6, 6.07) is 5.69. The fourth-order valence-electron chi connectivity index (χ4n) is 2.78. The third-order valence-corrected chi connectivity index (χ3v) is 4.11. The van der Waals surface area contributed by atoms with Gasteiger partial charge >= 0.3 is 5.97 Å². The molecule has 2 atom stereocenters. The molecule has 0 N–H and O–H groups in total. The molecule has 1 aromatic carbocycles. The molecule has 1 aromatic rings. The molecule has 1 fully saturated rings. The van der Waals surface area contributed by atoms with E-state index in [0.29, 0.717) is 23.9 Å². The number of nitrogens with zero attached hydrogens (tertiary/aromatic N) is 1. The van der Waals surface area contributed by atoms with E-state index < -0.39 is 0 Å². The topological polar surface area (TPSA) is 38.8 Å². The maximum atomic E-state index is 12.1. The van der Waals surface area contributed by atoms with Crippen LogP contribution in [0.1, 0.15) is 18.4 Å². The van der Waals surface area contributed by atoms with E-state index in [1.165, 1.54) is 0 Å². The fourth-order valence-corrected chi connectivity index (χ4v) is 3.12. The molecule has 0 bridgehead atoms. The highest BCUT2D eigenvalue weighted by molar-refractivity contribution is 6.32. The van der Waals surface area contributed by atoms with Crippen LogP contribution in [0.2, 0.25) is 5.02 Å². The van der Waals surface area contributed by atoms with Crippen molar-refractivity contribution in [3.8, 4) is 5.75 Å². The minimum atomic E-state index is -0.176. The van der Waals surface area contributed by atoms with E-state index in [1.807, 2.05) is 32.2 Å². The predicted octanol–water partition coefficient (Wildman–Crippen LogP) is 2.56. The Morgan fingerprint density at radius 3 is 2.85 bits per heavy atom. The molecule has 0 aliphatic carbocycles. The van der Waals surface area contributed by atoms with Crippen molar-refractivity contribution >= 4 is 17.6 Å². The second-order valence-corrected chi connectivity index (χ2v) is 5.43. The van der Waals surface area contributed by atoms with Crippen molar-refractivity contribution < 1.29 is 14.3 Å². The molecule has 110 valence electrons. The minimum absolute atomic E-state index is 0.0432. The smallest absolute Gasteiger partial charge is 0.310 e. The van der Waals surface area contributed by atoms with E-state index in [4.69, 9.17) is 21.1 Å². The first kappa shape index (κ1) is 15.1. The van der Waals surface area contributed by atoms with Crippen LogP contribution in [-0.4, -0.2) is 44.7 Å². The average Bonchev–Trinajstić information content (AvgIpc) is 2.81. The van der Waals surface area contributed by atoms with Crippen LogP contribution in [-0.2, 0) is 9.53 Å². The summed E-state index contributed by atoms with van der Waals surface area (Å²) >= 11 is 6.39. The number of likely N-dealkylation sites (N-methyl/N-ethyl adjacent to an activating group) is 1. The summed E-state index contributed by atoms with van der Waals surface area (Å²) in [4.78, 5) is 14.2. The number of esters is 1. The number of methoxy groups -OCH3 is 1. The summed E-state index contributed by atoms with van der Waals surface area (Å²) < 4.78 is 10.4. The predicted molar refractivity (Wildman–Crippen MR) is 78.4 cm³/mol. The van der Waals surface area contributed by atoms with E-state index in [0.717, 1.165) is 12.1 Å². The van der Waals surface area contributed by atoms with Gasteiger partial charge in [0.2, 0.25) is 0 Å². The Morgan fingerprint density at radius 2 is 2.20 bits per heavy atom.